The summed E-state index contributed by atoms with van der Waals surface area (Å²) in [5.41, 5.74) is 2.57. The topological polar surface area (TPSA) is 61.8 Å². The molecule has 2 aliphatic rings. The molecule has 2 aliphatic heterocycles. The van der Waals surface area contributed by atoms with Crippen LogP contribution in [-0.4, -0.2) is 67.8 Å². The second-order valence-corrected chi connectivity index (χ2v) is 7.76. The number of piperidine rings is 1. The number of nitrogens with one attached hydrogen (secondary N) is 2. The molecule has 1 aromatic heterocycles. The molecule has 0 radical (unpaired) electrons. The molecule has 0 spiro atoms. The Hall–Kier alpha value is -1.66. The van der Waals surface area contributed by atoms with Crippen molar-refractivity contribution >= 4 is 5.96 Å². The van der Waals surface area contributed by atoms with Gasteiger partial charge in [0.15, 0.2) is 5.96 Å². The number of likely N-dealkylation sites (tertiary alicyclic amines) is 1. The van der Waals surface area contributed by atoms with Crippen molar-refractivity contribution in [2.45, 2.75) is 45.6 Å². The molecule has 1 aromatic rings. The first kappa shape index (κ1) is 20.1. The average molecular weight is 374 g/mol. The Labute approximate surface area is 163 Å². The predicted molar refractivity (Wildman–Crippen MR) is 110 cm³/mol. The molecule has 3 heterocycles. The summed E-state index contributed by atoms with van der Waals surface area (Å²) in [7, 11) is 0. The summed E-state index contributed by atoms with van der Waals surface area (Å²) in [5, 5.41) is 7.04. The van der Waals surface area contributed by atoms with Gasteiger partial charge < -0.3 is 20.3 Å². The summed E-state index contributed by atoms with van der Waals surface area (Å²) in [5.74, 6) is 1.69. The molecule has 1 atom stereocenters. The lowest BCUT2D eigenvalue weighted by Gasteiger charge is -2.34. The van der Waals surface area contributed by atoms with Gasteiger partial charge >= 0.3 is 0 Å². The van der Waals surface area contributed by atoms with E-state index in [1.165, 1.54) is 50.0 Å². The molecular formula is C21H35N5O. The lowest BCUT2D eigenvalue weighted by atomic mass is 10.0. The largest absolute Gasteiger partial charge is 0.381 e. The molecule has 0 aromatic carbocycles. The molecule has 27 heavy (non-hydrogen) atoms. The van der Waals surface area contributed by atoms with Gasteiger partial charge in [0.05, 0.1) is 6.61 Å². The number of guanidine groups is 1. The van der Waals surface area contributed by atoms with Crippen LogP contribution in [0, 0.1) is 12.8 Å². The monoisotopic (exact) mass is 373 g/mol. The second kappa shape index (κ2) is 10.6. The smallest absolute Gasteiger partial charge is 0.191 e. The summed E-state index contributed by atoms with van der Waals surface area (Å²) < 4.78 is 5.51. The normalized spacial score (nSPS) is 22.1. The molecule has 1 unspecified atom stereocenters. The highest BCUT2D eigenvalue weighted by molar-refractivity contribution is 5.80. The van der Waals surface area contributed by atoms with Crippen LogP contribution >= 0.6 is 0 Å². The Kier molecular flexibility index (Phi) is 7.90. The molecule has 150 valence electrons. The quantitative estimate of drug-likeness (QED) is 0.565. The molecule has 0 aliphatic carbocycles. The number of aromatic nitrogens is 1. The van der Waals surface area contributed by atoms with E-state index in [0.717, 1.165) is 44.6 Å². The van der Waals surface area contributed by atoms with Crippen molar-refractivity contribution in [3.8, 4) is 0 Å². The fourth-order valence-electron chi connectivity index (χ4n) is 3.94. The van der Waals surface area contributed by atoms with E-state index in [1.807, 2.05) is 12.4 Å². The number of nitrogens with zero attached hydrogens (tertiary/aromatic N) is 3. The molecule has 0 bridgehead atoms. The SMILES string of the molecule is CCNC(=NCCc1ccncc1C)NC1CCN(CC2CCOC2)CC1. The van der Waals surface area contributed by atoms with Crippen molar-refractivity contribution in [1.82, 2.24) is 20.5 Å². The molecule has 6 heteroatoms. The molecule has 0 saturated carbocycles. The standard InChI is InChI=1S/C21H35N5O/c1-3-23-21(24-10-5-19-4-9-22-14-17(19)2)25-20-6-11-26(12-7-20)15-18-8-13-27-16-18/h4,9,14,18,20H,3,5-8,10-13,15-16H2,1-2H3,(H2,23,24,25). The van der Waals surface area contributed by atoms with Gasteiger partial charge in [-0.25, -0.2) is 0 Å². The van der Waals surface area contributed by atoms with Crippen LogP contribution in [0.2, 0.25) is 0 Å². The van der Waals surface area contributed by atoms with Crippen molar-refractivity contribution in [1.29, 1.82) is 0 Å². The van der Waals surface area contributed by atoms with E-state index in [1.54, 1.807) is 0 Å². The second-order valence-electron chi connectivity index (χ2n) is 7.76. The first-order chi connectivity index (χ1) is 13.2. The Morgan fingerprint density at radius 2 is 2.19 bits per heavy atom. The van der Waals surface area contributed by atoms with Crippen LogP contribution in [0.1, 0.15) is 37.3 Å². The van der Waals surface area contributed by atoms with Gasteiger partial charge in [0.1, 0.15) is 0 Å². The van der Waals surface area contributed by atoms with Gasteiger partial charge in [-0.15, -0.1) is 0 Å². The number of ether oxygens (including phenoxy) is 1. The van der Waals surface area contributed by atoms with Gasteiger partial charge in [0.25, 0.3) is 0 Å². The van der Waals surface area contributed by atoms with Crippen LogP contribution < -0.4 is 10.6 Å². The summed E-state index contributed by atoms with van der Waals surface area (Å²) in [4.78, 5) is 11.6. The summed E-state index contributed by atoms with van der Waals surface area (Å²) in [6.45, 7) is 11.4. The van der Waals surface area contributed by atoms with Gasteiger partial charge in [-0.2, -0.15) is 0 Å². The number of aryl methyl sites for hydroxylation is 1. The van der Waals surface area contributed by atoms with E-state index in [0.29, 0.717) is 6.04 Å². The van der Waals surface area contributed by atoms with Gasteiger partial charge in [-0.1, -0.05) is 0 Å². The fraction of sp³-hybridized carbons (Fsp3) is 0.714. The number of hydrogen-bond acceptors (Lipinski definition) is 4. The van der Waals surface area contributed by atoms with Crippen molar-refractivity contribution in [2.75, 3.05) is 45.9 Å². The fourth-order valence-corrected chi connectivity index (χ4v) is 3.94. The molecule has 2 saturated heterocycles. The Balaban J connectivity index is 1.43. The first-order valence-corrected chi connectivity index (χ1v) is 10.5. The molecule has 6 nitrogen and oxygen atoms in total. The maximum Gasteiger partial charge on any atom is 0.191 e. The van der Waals surface area contributed by atoms with E-state index >= 15 is 0 Å². The minimum absolute atomic E-state index is 0.515. The van der Waals surface area contributed by atoms with Crippen molar-refractivity contribution in [2.24, 2.45) is 10.9 Å². The third kappa shape index (κ3) is 6.47. The zero-order valence-electron chi connectivity index (χ0n) is 16.9. The molecule has 2 N–H and O–H groups in total. The Morgan fingerprint density at radius 1 is 1.33 bits per heavy atom. The maximum absolute atomic E-state index is 5.51. The minimum Gasteiger partial charge on any atom is -0.381 e. The zero-order valence-corrected chi connectivity index (χ0v) is 16.9. The van der Waals surface area contributed by atoms with Crippen LogP contribution in [0.15, 0.2) is 23.5 Å². The van der Waals surface area contributed by atoms with E-state index in [2.05, 4.69) is 40.4 Å². The zero-order chi connectivity index (χ0) is 18.9. The highest BCUT2D eigenvalue weighted by Crippen LogP contribution is 2.17. The highest BCUT2D eigenvalue weighted by Gasteiger charge is 2.24. The summed E-state index contributed by atoms with van der Waals surface area (Å²) >= 11 is 0. The first-order valence-electron chi connectivity index (χ1n) is 10.5. The van der Waals surface area contributed by atoms with E-state index in [9.17, 15) is 0 Å². The average Bonchev–Trinajstić information content (AvgIpc) is 3.18. The molecule has 3 rings (SSSR count). The van der Waals surface area contributed by atoms with E-state index in [4.69, 9.17) is 9.73 Å². The third-order valence-electron chi connectivity index (χ3n) is 5.60. The van der Waals surface area contributed by atoms with Gasteiger partial charge in [0.2, 0.25) is 0 Å². The van der Waals surface area contributed by atoms with Crippen molar-refractivity contribution in [3.63, 3.8) is 0 Å². The number of rotatable bonds is 7. The van der Waals surface area contributed by atoms with Crippen molar-refractivity contribution in [3.05, 3.63) is 29.6 Å². The number of hydrogen-bond donors (Lipinski definition) is 2. The van der Waals surface area contributed by atoms with Crippen LogP contribution in [0.4, 0.5) is 0 Å². The van der Waals surface area contributed by atoms with Crippen LogP contribution in [0.25, 0.3) is 0 Å². The van der Waals surface area contributed by atoms with Gasteiger partial charge in [0, 0.05) is 57.8 Å². The molecule has 0 amide bonds. The maximum atomic E-state index is 5.51. The van der Waals surface area contributed by atoms with Crippen LogP contribution in [-0.2, 0) is 11.2 Å². The van der Waals surface area contributed by atoms with E-state index < -0.39 is 0 Å². The van der Waals surface area contributed by atoms with Crippen LogP contribution in [0.5, 0.6) is 0 Å². The molecular weight excluding hydrogens is 338 g/mol. The Bertz CT molecular complexity index is 592. The highest BCUT2D eigenvalue weighted by atomic mass is 16.5. The third-order valence-corrected chi connectivity index (χ3v) is 5.60. The van der Waals surface area contributed by atoms with Crippen molar-refractivity contribution < 1.29 is 4.74 Å². The summed E-state index contributed by atoms with van der Waals surface area (Å²) in [6.07, 6.45) is 8.33. The predicted octanol–water partition coefficient (Wildman–Crippen LogP) is 1.99. The lowest BCUT2D eigenvalue weighted by molar-refractivity contribution is 0.150. The minimum atomic E-state index is 0.515. The van der Waals surface area contributed by atoms with Crippen LogP contribution in [0.3, 0.4) is 0 Å². The number of aliphatic imine (C=N–C) groups is 1. The Morgan fingerprint density at radius 3 is 2.89 bits per heavy atom. The lowest BCUT2D eigenvalue weighted by Crippen LogP contribution is -2.49. The summed E-state index contributed by atoms with van der Waals surface area (Å²) in [6, 6.07) is 2.61. The van der Waals surface area contributed by atoms with Gasteiger partial charge in [-0.3, -0.25) is 9.98 Å². The van der Waals surface area contributed by atoms with E-state index in [-0.39, 0.29) is 0 Å². The molecule has 2 fully saturated rings. The number of pyridine rings is 1. The van der Waals surface area contributed by atoms with Gasteiger partial charge in [-0.05, 0) is 62.6 Å².